The molecule has 0 aliphatic heterocycles. The largest absolute Gasteiger partial charge is 0.494 e. The number of nitrogens with zero attached hydrogens (tertiary/aromatic N) is 1. The molecule has 1 aromatic heterocycles. The summed E-state index contributed by atoms with van der Waals surface area (Å²) >= 11 is 1.12. The quantitative estimate of drug-likeness (QED) is 0.572. The summed E-state index contributed by atoms with van der Waals surface area (Å²) in [6, 6.07) is 7.78. The van der Waals surface area contributed by atoms with Gasteiger partial charge in [0, 0.05) is 6.42 Å². The van der Waals surface area contributed by atoms with Gasteiger partial charge >= 0.3 is 5.97 Å². The lowest BCUT2D eigenvalue weighted by Gasteiger charge is -2.06. The Morgan fingerprint density at radius 3 is 2.60 bits per heavy atom. The van der Waals surface area contributed by atoms with Gasteiger partial charge in [0.15, 0.2) is 5.13 Å². The molecule has 1 heterocycles. The summed E-state index contributed by atoms with van der Waals surface area (Å²) in [6.45, 7) is 6.24. The van der Waals surface area contributed by atoms with Crippen molar-refractivity contribution in [2.24, 2.45) is 0 Å². The summed E-state index contributed by atoms with van der Waals surface area (Å²) < 4.78 is 10.5. The molecule has 1 amide bonds. The summed E-state index contributed by atoms with van der Waals surface area (Å²) in [5.74, 6) is 0.224. The Balaban J connectivity index is 1.75. The van der Waals surface area contributed by atoms with Crippen molar-refractivity contribution >= 4 is 28.3 Å². The van der Waals surface area contributed by atoms with Crippen molar-refractivity contribution in [3.8, 4) is 5.75 Å². The van der Waals surface area contributed by atoms with Crippen molar-refractivity contribution in [2.75, 3.05) is 18.5 Å². The Morgan fingerprint density at radius 1 is 1.20 bits per heavy atom. The van der Waals surface area contributed by atoms with Crippen molar-refractivity contribution in [1.82, 2.24) is 4.98 Å². The number of hydrogen-bond donors (Lipinski definition) is 1. The van der Waals surface area contributed by atoms with Crippen LogP contribution in [0.2, 0.25) is 0 Å². The predicted octanol–water partition coefficient (Wildman–Crippen LogP) is 3.73. The molecule has 0 bridgehead atoms. The number of carbonyl (C=O) groups excluding carboxylic acids is 2. The van der Waals surface area contributed by atoms with Gasteiger partial charge in [0.05, 0.1) is 18.9 Å². The number of amides is 1. The second-order valence-corrected chi connectivity index (χ2v) is 6.47. The minimum absolute atomic E-state index is 0.156. The molecule has 2 rings (SSSR count). The van der Waals surface area contributed by atoms with Gasteiger partial charge < -0.3 is 14.8 Å². The van der Waals surface area contributed by atoms with Crippen molar-refractivity contribution in [1.29, 1.82) is 0 Å². The number of nitrogens with one attached hydrogen (secondary N) is 1. The van der Waals surface area contributed by atoms with Crippen LogP contribution >= 0.6 is 11.3 Å². The number of hydrogen-bond acceptors (Lipinski definition) is 6. The molecule has 134 valence electrons. The van der Waals surface area contributed by atoms with E-state index in [1.165, 1.54) is 5.56 Å². The van der Waals surface area contributed by atoms with Gasteiger partial charge in [-0.05, 0) is 39.3 Å². The van der Waals surface area contributed by atoms with Crippen molar-refractivity contribution < 1.29 is 19.1 Å². The first-order valence-corrected chi connectivity index (χ1v) is 8.95. The number of rotatable bonds is 8. The topological polar surface area (TPSA) is 77.5 Å². The Hall–Kier alpha value is -2.41. The van der Waals surface area contributed by atoms with Crippen molar-refractivity contribution in [2.45, 2.75) is 33.6 Å². The maximum Gasteiger partial charge on any atom is 0.350 e. The summed E-state index contributed by atoms with van der Waals surface area (Å²) in [5.41, 5.74) is 1.73. The van der Waals surface area contributed by atoms with Gasteiger partial charge in [-0.3, -0.25) is 4.79 Å². The third-order valence-electron chi connectivity index (χ3n) is 3.34. The third kappa shape index (κ3) is 5.86. The average molecular weight is 362 g/mol. The molecule has 0 radical (unpaired) electrons. The summed E-state index contributed by atoms with van der Waals surface area (Å²) in [5, 5.41) is 3.12. The number of ether oxygens (including phenoxy) is 2. The van der Waals surface area contributed by atoms with Crippen LogP contribution < -0.4 is 10.1 Å². The lowest BCUT2D eigenvalue weighted by atomic mass is 10.2. The molecule has 2 aromatic rings. The first-order valence-electron chi connectivity index (χ1n) is 8.13. The van der Waals surface area contributed by atoms with Crippen LogP contribution in [0, 0.1) is 13.8 Å². The zero-order valence-corrected chi connectivity index (χ0v) is 15.4. The zero-order chi connectivity index (χ0) is 18.2. The van der Waals surface area contributed by atoms with E-state index in [4.69, 9.17) is 9.47 Å². The molecular weight excluding hydrogens is 340 g/mol. The molecule has 0 aliphatic rings. The highest BCUT2D eigenvalue weighted by molar-refractivity contribution is 7.17. The number of carbonyl (C=O) groups is 2. The van der Waals surface area contributed by atoms with E-state index in [1.54, 1.807) is 13.8 Å². The number of esters is 1. The fourth-order valence-corrected chi connectivity index (χ4v) is 2.95. The SMILES string of the molecule is CCOC(=O)c1sc(NC(=O)CCCOc2ccc(C)cc2)nc1C. The number of thiazole rings is 1. The Kier molecular flexibility index (Phi) is 6.94. The van der Waals surface area contributed by atoms with Crippen LogP contribution in [0.15, 0.2) is 24.3 Å². The van der Waals surface area contributed by atoms with Gasteiger partial charge in [0.2, 0.25) is 5.91 Å². The summed E-state index contributed by atoms with van der Waals surface area (Å²) in [4.78, 5) is 28.3. The lowest BCUT2D eigenvalue weighted by Crippen LogP contribution is -2.12. The molecule has 6 nitrogen and oxygen atoms in total. The van der Waals surface area contributed by atoms with Gasteiger partial charge in [-0.25, -0.2) is 9.78 Å². The molecule has 7 heteroatoms. The van der Waals surface area contributed by atoms with Gasteiger partial charge in [-0.1, -0.05) is 29.0 Å². The zero-order valence-electron chi connectivity index (χ0n) is 14.6. The number of benzene rings is 1. The van der Waals surface area contributed by atoms with E-state index in [2.05, 4.69) is 10.3 Å². The number of aryl methyl sites for hydroxylation is 2. The van der Waals surface area contributed by atoms with E-state index in [-0.39, 0.29) is 5.91 Å². The Labute approximate surface area is 151 Å². The summed E-state index contributed by atoms with van der Waals surface area (Å²) in [6.07, 6.45) is 0.911. The minimum atomic E-state index is -0.413. The van der Waals surface area contributed by atoms with Gasteiger partial charge in [0.25, 0.3) is 0 Å². The highest BCUT2D eigenvalue weighted by atomic mass is 32.1. The van der Waals surface area contributed by atoms with E-state index in [0.717, 1.165) is 17.1 Å². The second kappa shape index (κ2) is 9.17. The first kappa shape index (κ1) is 18.9. The van der Waals surface area contributed by atoms with E-state index in [0.29, 0.717) is 41.8 Å². The lowest BCUT2D eigenvalue weighted by molar-refractivity contribution is -0.116. The minimum Gasteiger partial charge on any atom is -0.494 e. The van der Waals surface area contributed by atoms with Gasteiger partial charge in [-0.2, -0.15) is 0 Å². The van der Waals surface area contributed by atoms with E-state index < -0.39 is 5.97 Å². The fourth-order valence-electron chi connectivity index (χ4n) is 2.07. The number of anilines is 1. The highest BCUT2D eigenvalue weighted by Crippen LogP contribution is 2.23. The number of aromatic nitrogens is 1. The smallest absolute Gasteiger partial charge is 0.350 e. The molecule has 0 spiro atoms. The van der Waals surface area contributed by atoms with Crippen molar-refractivity contribution in [3.05, 3.63) is 40.4 Å². The van der Waals surface area contributed by atoms with Crippen LogP contribution in [0.1, 0.15) is 40.7 Å². The molecule has 0 aliphatic carbocycles. The molecule has 0 saturated carbocycles. The Bertz CT molecular complexity index is 725. The third-order valence-corrected chi connectivity index (χ3v) is 4.39. The summed E-state index contributed by atoms with van der Waals surface area (Å²) in [7, 11) is 0. The van der Waals surface area contributed by atoms with Crippen LogP contribution in [0.4, 0.5) is 5.13 Å². The Morgan fingerprint density at radius 2 is 1.92 bits per heavy atom. The maximum atomic E-state index is 12.0. The molecule has 0 saturated heterocycles. The van der Waals surface area contributed by atoms with Gasteiger partial charge in [-0.15, -0.1) is 0 Å². The van der Waals surface area contributed by atoms with Crippen LogP contribution in [0.25, 0.3) is 0 Å². The van der Waals surface area contributed by atoms with E-state index in [9.17, 15) is 9.59 Å². The average Bonchev–Trinajstić information content (AvgIpc) is 2.94. The molecule has 1 aromatic carbocycles. The fraction of sp³-hybridized carbons (Fsp3) is 0.389. The first-order chi connectivity index (χ1) is 12.0. The molecule has 0 unspecified atom stereocenters. The maximum absolute atomic E-state index is 12.0. The normalized spacial score (nSPS) is 10.4. The molecule has 0 fully saturated rings. The van der Waals surface area contributed by atoms with Crippen LogP contribution in [-0.2, 0) is 9.53 Å². The highest BCUT2D eigenvalue weighted by Gasteiger charge is 2.17. The van der Waals surface area contributed by atoms with Gasteiger partial charge in [0.1, 0.15) is 10.6 Å². The van der Waals surface area contributed by atoms with Crippen LogP contribution in [0.3, 0.4) is 0 Å². The van der Waals surface area contributed by atoms with Crippen LogP contribution in [0.5, 0.6) is 5.75 Å². The second-order valence-electron chi connectivity index (χ2n) is 5.47. The van der Waals surface area contributed by atoms with Crippen LogP contribution in [-0.4, -0.2) is 30.1 Å². The molecule has 25 heavy (non-hydrogen) atoms. The van der Waals surface area contributed by atoms with Crippen molar-refractivity contribution in [3.63, 3.8) is 0 Å². The standard InChI is InChI=1S/C18H22N2O4S/c1-4-23-17(22)16-13(3)19-18(25-16)20-15(21)6-5-11-24-14-9-7-12(2)8-10-14/h7-10H,4-6,11H2,1-3H3,(H,19,20,21). The van der Waals surface area contributed by atoms with E-state index >= 15 is 0 Å². The molecule has 0 atom stereocenters. The monoisotopic (exact) mass is 362 g/mol. The predicted molar refractivity (Wildman–Crippen MR) is 97.3 cm³/mol. The molecule has 1 N–H and O–H groups in total. The molecular formula is C18H22N2O4S. The van der Waals surface area contributed by atoms with E-state index in [1.807, 2.05) is 31.2 Å².